The second kappa shape index (κ2) is 8.99. The van der Waals surface area contributed by atoms with E-state index in [1.54, 1.807) is 33.0 Å². The van der Waals surface area contributed by atoms with E-state index in [4.69, 9.17) is 13.8 Å². The van der Waals surface area contributed by atoms with Crippen molar-refractivity contribution in [3.05, 3.63) is 46.8 Å². The summed E-state index contributed by atoms with van der Waals surface area (Å²) in [6.07, 6.45) is 6.13. The second-order valence-corrected chi connectivity index (χ2v) is 9.52. The van der Waals surface area contributed by atoms with Gasteiger partial charge in [-0.3, -0.25) is 14.1 Å². The Morgan fingerprint density at radius 1 is 1.26 bits per heavy atom. The number of para-hydroxylation sites is 1. The van der Waals surface area contributed by atoms with Crippen molar-refractivity contribution in [3.63, 3.8) is 0 Å². The number of benzene rings is 1. The van der Waals surface area contributed by atoms with Gasteiger partial charge in [0.2, 0.25) is 0 Å². The van der Waals surface area contributed by atoms with E-state index in [1.165, 1.54) is 0 Å². The summed E-state index contributed by atoms with van der Waals surface area (Å²) in [6.45, 7) is 4.24. The largest absolute Gasteiger partial charge is 0.494 e. The highest BCUT2D eigenvalue weighted by Gasteiger charge is 2.29. The van der Waals surface area contributed by atoms with Gasteiger partial charge < -0.3 is 18.8 Å². The number of pyridine rings is 1. The van der Waals surface area contributed by atoms with Gasteiger partial charge in [-0.1, -0.05) is 18.2 Å². The van der Waals surface area contributed by atoms with Gasteiger partial charge in [-0.25, -0.2) is 4.79 Å². The fourth-order valence-corrected chi connectivity index (χ4v) is 5.85. The van der Waals surface area contributed by atoms with Crippen molar-refractivity contribution in [2.45, 2.75) is 39.2 Å². The van der Waals surface area contributed by atoms with E-state index >= 15 is 0 Å². The Morgan fingerprint density at radius 2 is 2.03 bits per heavy atom. The quantitative estimate of drug-likeness (QED) is 0.490. The predicted octanol–water partition coefficient (Wildman–Crippen LogP) is 5.01. The predicted molar refractivity (Wildman–Crippen MR) is 121 cm³/mol. The van der Waals surface area contributed by atoms with Crippen molar-refractivity contribution in [3.8, 4) is 5.75 Å². The number of allylic oxidation sites excluding steroid dienone is 1. The molecule has 0 bridgehead atoms. The molecule has 8 nitrogen and oxygen atoms in total. The average Bonchev–Trinajstić information content (AvgIpc) is 3.35. The van der Waals surface area contributed by atoms with Crippen molar-refractivity contribution in [1.29, 1.82) is 0 Å². The van der Waals surface area contributed by atoms with Crippen LogP contribution in [0.25, 0.3) is 21.9 Å². The maximum atomic E-state index is 12.9. The Hall–Kier alpha value is -2.41. The van der Waals surface area contributed by atoms with E-state index in [0.29, 0.717) is 24.5 Å². The number of imidazole rings is 1. The molecule has 0 saturated heterocycles. The summed E-state index contributed by atoms with van der Waals surface area (Å²) in [7, 11) is -1.61. The SMILES string of the molecule is CCOP(=O)(/C=C/[C@@H]1CC[C@H](n2c(=O)[nH]c3cnc4c(OC)cccc4c32)C1)OCC. The highest BCUT2D eigenvalue weighted by molar-refractivity contribution is 7.57. The van der Waals surface area contributed by atoms with Crippen LogP contribution in [0.3, 0.4) is 0 Å². The van der Waals surface area contributed by atoms with E-state index in [2.05, 4.69) is 9.97 Å². The Morgan fingerprint density at radius 3 is 2.74 bits per heavy atom. The fraction of sp³-hybridized carbons (Fsp3) is 0.455. The molecule has 31 heavy (non-hydrogen) atoms. The highest BCUT2D eigenvalue weighted by atomic mass is 31.2. The van der Waals surface area contributed by atoms with Crippen LogP contribution in [0, 0.1) is 5.92 Å². The molecule has 1 aliphatic carbocycles. The molecule has 0 radical (unpaired) electrons. The second-order valence-electron chi connectivity index (χ2n) is 7.62. The van der Waals surface area contributed by atoms with E-state index in [1.807, 2.05) is 28.8 Å². The first-order valence-corrected chi connectivity index (χ1v) is 12.2. The number of aromatic amines is 1. The van der Waals surface area contributed by atoms with E-state index in [9.17, 15) is 9.36 Å². The minimum Gasteiger partial charge on any atom is -0.494 e. The number of hydrogen-bond acceptors (Lipinski definition) is 6. The smallest absolute Gasteiger partial charge is 0.353 e. The molecule has 1 fully saturated rings. The van der Waals surface area contributed by atoms with Gasteiger partial charge in [-0.2, -0.15) is 0 Å². The molecular formula is C22H28N3O5P. The molecule has 166 valence electrons. The van der Waals surface area contributed by atoms with Crippen LogP contribution in [0.2, 0.25) is 0 Å². The van der Waals surface area contributed by atoms with Crippen LogP contribution in [0.1, 0.15) is 39.2 Å². The van der Waals surface area contributed by atoms with Gasteiger partial charge in [0.25, 0.3) is 0 Å². The summed E-state index contributed by atoms with van der Waals surface area (Å²) >= 11 is 0. The molecular weight excluding hydrogens is 417 g/mol. The monoisotopic (exact) mass is 445 g/mol. The minimum absolute atomic E-state index is 0.0336. The van der Waals surface area contributed by atoms with Crippen LogP contribution in [-0.4, -0.2) is 34.9 Å². The molecule has 1 N–H and O–H groups in total. The number of methoxy groups -OCH3 is 1. The van der Waals surface area contributed by atoms with E-state index in [0.717, 1.165) is 35.7 Å². The third-order valence-electron chi connectivity index (χ3n) is 5.72. The molecule has 3 aromatic rings. The van der Waals surface area contributed by atoms with Gasteiger partial charge in [0.1, 0.15) is 11.3 Å². The standard InChI is InChI=1S/C22H28N3O5P/c1-4-29-31(27,30-5-2)12-11-15-9-10-16(13-15)25-21-17-7-6-8-19(28-3)20(17)23-14-18(21)24-22(25)26/h6-8,11-12,14-16H,4-5,9-10,13H2,1-3H3,(H,24,26)/b12-11+/t15-,16-/m0/s1. The maximum Gasteiger partial charge on any atom is 0.353 e. The summed E-state index contributed by atoms with van der Waals surface area (Å²) < 4.78 is 30.7. The van der Waals surface area contributed by atoms with E-state index in [-0.39, 0.29) is 17.6 Å². The fourth-order valence-electron chi connectivity index (χ4n) is 4.43. The van der Waals surface area contributed by atoms with Crippen molar-refractivity contribution >= 4 is 29.5 Å². The van der Waals surface area contributed by atoms with Crippen LogP contribution >= 0.6 is 7.60 Å². The molecule has 1 aliphatic rings. The number of aromatic nitrogens is 3. The Labute approximate surface area is 180 Å². The number of ether oxygens (including phenoxy) is 1. The third-order valence-corrected chi connectivity index (χ3v) is 7.50. The molecule has 2 aromatic heterocycles. The zero-order chi connectivity index (χ0) is 22.0. The topological polar surface area (TPSA) is 95.4 Å². The summed E-state index contributed by atoms with van der Waals surface area (Å²) in [6, 6.07) is 5.76. The Balaban J connectivity index is 1.67. The Bertz CT molecular complexity index is 1210. The average molecular weight is 445 g/mol. The lowest BCUT2D eigenvalue weighted by molar-refractivity contribution is 0.228. The molecule has 0 aliphatic heterocycles. The zero-order valence-electron chi connectivity index (χ0n) is 18.0. The van der Waals surface area contributed by atoms with Crippen LogP contribution in [0.15, 0.2) is 41.1 Å². The van der Waals surface area contributed by atoms with Gasteiger partial charge in [0, 0.05) is 17.2 Å². The van der Waals surface area contributed by atoms with Crippen LogP contribution in [-0.2, 0) is 13.6 Å². The zero-order valence-corrected chi connectivity index (χ0v) is 18.9. The normalized spacial score (nSPS) is 19.7. The molecule has 0 unspecified atom stereocenters. The highest BCUT2D eigenvalue weighted by Crippen LogP contribution is 2.50. The van der Waals surface area contributed by atoms with Gasteiger partial charge in [-0.15, -0.1) is 0 Å². The van der Waals surface area contributed by atoms with Crippen molar-refractivity contribution in [1.82, 2.24) is 14.5 Å². The number of hydrogen-bond donors (Lipinski definition) is 1. The molecule has 2 atom stereocenters. The van der Waals surface area contributed by atoms with Gasteiger partial charge in [0.05, 0.1) is 37.6 Å². The number of H-pyrrole nitrogens is 1. The first-order chi connectivity index (χ1) is 15.0. The lowest BCUT2D eigenvalue weighted by atomic mass is 10.1. The summed E-state index contributed by atoms with van der Waals surface area (Å²) in [5.41, 5.74) is 2.14. The molecule has 1 saturated carbocycles. The molecule has 1 aromatic carbocycles. The van der Waals surface area contributed by atoms with Gasteiger partial charge in [0.15, 0.2) is 0 Å². The Kier molecular flexibility index (Phi) is 6.32. The molecule has 4 rings (SSSR count). The number of fused-ring (bicyclic) bond motifs is 3. The lowest BCUT2D eigenvalue weighted by Crippen LogP contribution is -2.20. The summed E-state index contributed by atoms with van der Waals surface area (Å²) in [5.74, 6) is 2.45. The summed E-state index contributed by atoms with van der Waals surface area (Å²) in [5, 5.41) is 0.881. The third kappa shape index (κ3) is 4.20. The molecule has 0 amide bonds. The van der Waals surface area contributed by atoms with Gasteiger partial charge >= 0.3 is 13.3 Å². The van der Waals surface area contributed by atoms with Crippen LogP contribution < -0.4 is 10.4 Å². The van der Waals surface area contributed by atoms with Crippen molar-refractivity contribution in [2.75, 3.05) is 20.3 Å². The number of nitrogens with zero attached hydrogens (tertiary/aromatic N) is 2. The van der Waals surface area contributed by atoms with E-state index < -0.39 is 7.60 Å². The lowest BCUT2D eigenvalue weighted by Gasteiger charge is -2.15. The molecule has 0 spiro atoms. The van der Waals surface area contributed by atoms with Crippen LogP contribution in [0.4, 0.5) is 0 Å². The molecule has 2 heterocycles. The number of rotatable bonds is 8. The van der Waals surface area contributed by atoms with Crippen molar-refractivity contribution in [2.24, 2.45) is 5.92 Å². The van der Waals surface area contributed by atoms with Gasteiger partial charge in [-0.05, 0) is 45.1 Å². The first kappa shape index (κ1) is 21.8. The summed E-state index contributed by atoms with van der Waals surface area (Å²) in [4.78, 5) is 20.3. The van der Waals surface area contributed by atoms with Crippen LogP contribution in [0.5, 0.6) is 5.75 Å². The maximum absolute atomic E-state index is 12.9. The van der Waals surface area contributed by atoms with Crippen molar-refractivity contribution < 1.29 is 18.3 Å². The molecule has 9 heteroatoms. The minimum atomic E-state index is -3.22. The number of nitrogens with one attached hydrogen (secondary N) is 1. The first-order valence-electron chi connectivity index (χ1n) is 10.6.